The fourth-order valence-electron chi connectivity index (χ4n) is 1.90. The summed E-state index contributed by atoms with van der Waals surface area (Å²) in [5.74, 6) is -0.0740. The third kappa shape index (κ3) is 1.78. The molecule has 0 N–H and O–H groups in total. The van der Waals surface area contributed by atoms with Crippen LogP contribution in [0.15, 0.2) is 16.6 Å². The lowest BCUT2D eigenvalue weighted by atomic mass is 10.2. The Labute approximate surface area is 92.0 Å². The van der Waals surface area contributed by atoms with E-state index in [-0.39, 0.29) is 5.82 Å². The van der Waals surface area contributed by atoms with E-state index in [0.717, 1.165) is 23.2 Å². The highest BCUT2D eigenvalue weighted by Gasteiger charge is 2.17. The molecule has 0 saturated carbocycles. The number of hydrogen-bond donors (Lipinski definition) is 0. The van der Waals surface area contributed by atoms with Crippen molar-refractivity contribution >= 4 is 21.6 Å². The summed E-state index contributed by atoms with van der Waals surface area (Å²) in [6, 6.07) is 3.68. The summed E-state index contributed by atoms with van der Waals surface area (Å²) < 4.78 is 14.7. The first kappa shape index (κ1) is 9.97. The summed E-state index contributed by atoms with van der Waals surface area (Å²) in [6.45, 7) is 3.76. The van der Waals surface area contributed by atoms with Crippen molar-refractivity contribution < 1.29 is 4.39 Å². The summed E-state index contributed by atoms with van der Waals surface area (Å²) in [5.41, 5.74) is 1.45. The van der Waals surface area contributed by atoms with Crippen LogP contribution in [-0.4, -0.2) is 13.1 Å². The second-order valence-corrected chi connectivity index (χ2v) is 4.67. The molecule has 1 aliphatic heterocycles. The second-order valence-electron chi connectivity index (χ2n) is 3.75. The average molecular weight is 258 g/mol. The van der Waals surface area contributed by atoms with Crippen LogP contribution in [-0.2, 0) is 0 Å². The van der Waals surface area contributed by atoms with Crippen molar-refractivity contribution in [1.82, 2.24) is 0 Å². The third-order valence-corrected chi connectivity index (χ3v) is 3.10. The van der Waals surface area contributed by atoms with Crippen molar-refractivity contribution in [3.05, 3.63) is 28.0 Å². The van der Waals surface area contributed by atoms with Gasteiger partial charge in [-0.3, -0.25) is 0 Å². The van der Waals surface area contributed by atoms with E-state index in [4.69, 9.17) is 0 Å². The highest BCUT2D eigenvalue weighted by atomic mass is 79.9. The highest BCUT2D eigenvalue weighted by molar-refractivity contribution is 9.10. The van der Waals surface area contributed by atoms with Crippen LogP contribution in [0.2, 0.25) is 0 Å². The van der Waals surface area contributed by atoms with Crippen molar-refractivity contribution in [3.8, 4) is 0 Å². The largest absolute Gasteiger partial charge is 0.369 e. The van der Waals surface area contributed by atoms with Crippen molar-refractivity contribution in [2.75, 3.05) is 18.0 Å². The quantitative estimate of drug-likeness (QED) is 0.745. The molecule has 0 unspecified atom stereocenters. The molecule has 2 rings (SSSR count). The van der Waals surface area contributed by atoms with E-state index in [9.17, 15) is 4.39 Å². The van der Waals surface area contributed by atoms with Gasteiger partial charge in [0.05, 0.1) is 5.69 Å². The van der Waals surface area contributed by atoms with Gasteiger partial charge in [0, 0.05) is 17.6 Å². The van der Waals surface area contributed by atoms with Gasteiger partial charge in [-0.1, -0.05) is 15.9 Å². The molecule has 1 nitrogen and oxygen atoms in total. The summed E-state index contributed by atoms with van der Waals surface area (Å²) >= 11 is 3.40. The zero-order chi connectivity index (χ0) is 10.1. The summed E-state index contributed by atoms with van der Waals surface area (Å²) in [4.78, 5) is 2.12. The number of aryl methyl sites for hydroxylation is 1. The van der Waals surface area contributed by atoms with Gasteiger partial charge in [0.25, 0.3) is 0 Å². The molecule has 1 heterocycles. The first-order valence-corrected chi connectivity index (χ1v) is 5.68. The van der Waals surface area contributed by atoms with Crippen LogP contribution < -0.4 is 4.90 Å². The zero-order valence-corrected chi connectivity index (χ0v) is 9.77. The second kappa shape index (κ2) is 3.89. The van der Waals surface area contributed by atoms with Gasteiger partial charge in [-0.05, 0) is 37.5 Å². The minimum Gasteiger partial charge on any atom is -0.369 e. The van der Waals surface area contributed by atoms with Crippen LogP contribution in [0.25, 0.3) is 0 Å². The lowest BCUT2D eigenvalue weighted by Crippen LogP contribution is -2.19. The Morgan fingerprint density at radius 2 is 1.93 bits per heavy atom. The van der Waals surface area contributed by atoms with Crippen LogP contribution in [0, 0.1) is 12.7 Å². The molecule has 1 aromatic rings. The number of anilines is 1. The van der Waals surface area contributed by atoms with E-state index in [0.29, 0.717) is 5.56 Å². The standard InChI is InChI=1S/C11H13BrFN/c1-8-6-9(12)7-10(11(8)13)14-4-2-3-5-14/h6-7H,2-5H2,1H3. The molecule has 1 fully saturated rings. The van der Waals surface area contributed by atoms with Crippen molar-refractivity contribution in [3.63, 3.8) is 0 Å². The summed E-state index contributed by atoms with van der Waals surface area (Å²) in [5, 5.41) is 0. The van der Waals surface area contributed by atoms with Gasteiger partial charge in [0.1, 0.15) is 5.82 Å². The van der Waals surface area contributed by atoms with Gasteiger partial charge in [-0.25, -0.2) is 4.39 Å². The van der Waals surface area contributed by atoms with Crippen LogP contribution >= 0.6 is 15.9 Å². The Kier molecular flexibility index (Phi) is 2.77. The molecule has 0 bridgehead atoms. The van der Waals surface area contributed by atoms with E-state index in [1.54, 1.807) is 6.92 Å². The van der Waals surface area contributed by atoms with Gasteiger partial charge < -0.3 is 4.90 Å². The fourth-order valence-corrected chi connectivity index (χ4v) is 2.46. The monoisotopic (exact) mass is 257 g/mol. The topological polar surface area (TPSA) is 3.24 Å². The van der Waals surface area contributed by atoms with Crippen molar-refractivity contribution in [2.24, 2.45) is 0 Å². The van der Waals surface area contributed by atoms with Gasteiger partial charge in [-0.15, -0.1) is 0 Å². The van der Waals surface area contributed by atoms with E-state index >= 15 is 0 Å². The molecule has 0 amide bonds. The molecule has 0 aliphatic carbocycles. The number of benzene rings is 1. The maximum Gasteiger partial charge on any atom is 0.149 e. The van der Waals surface area contributed by atoms with Crippen molar-refractivity contribution in [1.29, 1.82) is 0 Å². The zero-order valence-electron chi connectivity index (χ0n) is 8.19. The van der Waals surface area contributed by atoms with Gasteiger partial charge in [0.15, 0.2) is 0 Å². The Morgan fingerprint density at radius 3 is 2.57 bits per heavy atom. The lowest BCUT2D eigenvalue weighted by Gasteiger charge is -2.19. The smallest absolute Gasteiger partial charge is 0.149 e. The van der Waals surface area contributed by atoms with Crippen LogP contribution in [0.1, 0.15) is 18.4 Å². The fraction of sp³-hybridized carbons (Fsp3) is 0.455. The Morgan fingerprint density at radius 1 is 1.29 bits per heavy atom. The van der Waals surface area contributed by atoms with Crippen molar-refractivity contribution in [2.45, 2.75) is 19.8 Å². The van der Waals surface area contributed by atoms with E-state index in [1.807, 2.05) is 12.1 Å². The predicted molar refractivity (Wildman–Crippen MR) is 60.3 cm³/mol. The first-order chi connectivity index (χ1) is 6.68. The first-order valence-electron chi connectivity index (χ1n) is 4.89. The number of halogens is 2. The molecule has 1 aromatic carbocycles. The highest BCUT2D eigenvalue weighted by Crippen LogP contribution is 2.29. The molecule has 14 heavy (non-hydrogen) atoms. The van der Waals surface area contributed by atoms with Crippen LogP contribution in [0.3, 0.4) is 0 Å². The van der Waals surface area contributed by atoms with Gasteiger partial charge >= 0.3 is 0 Å². The average Bonchev–Trinajstić information content (AvgIpc) is 2.63. The molecule has 76 valence electrons. The normalized spacial score (nSPS) is 16.4. The van der Waals surface area contributed by atoms with E-state index in [1.165, 1.54) is 12.8 Å². The summed E-state index contributed by atoms with van der Waals surface area (Å²) in [7, 11) is 0. The number of hydrogen-bond acceptors (Lipinski definition) is 1. The molecule has 3 heteroatoms. The van der Waals surface area contributed by atoms with E-state index in [2.05, 4.69) is 20.8 Å². The molecule has 0 spiro atoms. The minimum absolute atomic E-state index is 0.0740. The lowest BCUT2D eigenvalue weighted by molar-refractivity contribution is 0.614. The van der Waals surface area contributed by atoms with E-state index < -0.39 is 0 Å². The Bertz CT molecular complexity index is 345. The molecule has 1 saturated heterocycles. The van der Waals surface area contributed by atoms with Gasteiger partial charge in [0.2, 0.25) is 0 Å². The number of nitrogens with zero attached hydrogens (tertiary/aromatic N) is 1. The third-order valence-electron chi connectivity index (χ3n) is 2.65. The molecule has 0 aromatic heterocycles. The molecule has 0 atom stereocenters. The molecule has 1 aliphatic rings. The molecular weight excluding hydrogens is 245 g/mol. The minimum atomic E-state index is -0.0740. The van der Waals surface area contributed by atoms with Crippen LogP contribution in [0.4, 0.5) is 10.1 Å². The Hall–Kier alpha value is -0.570. The molecule has 0 radical (unpaired) electrons. The Balaban J connectivity index is 2.40. The molecular formula is C11H13BrFN. The number of rotatable bonds is 1. The maximum absolute atomic E-state index is 13.8. The van der Waals surface area contributed by atoms with Crippen LogP contribution in [0.5, 0.6) is 0 Å². The predicted octanol–water partition coefficient (Wildman–Crippen LogP) is 3.50. The summed E-state index contributed by atoms with van der Waals surface area (Å²) in [6.07, 6.45) is 2.34. The maximum atomic E-state index is 13.8. The van der Waals surface area contributed by atoms with Gasteiger partial charge in [-0.2, -0.15) is 0 Å². The SMILES string of the molecule is Cc1cc(Br)cc(N2CCCC2)c1F.